The molecule has 1 nitrogen and oxygen atoms in total. The van der Waals surface area contributed by atoms with E-state index in [4.69, 9.17) is 5.26 Å². The van der Waals surface area contributed by atoms with Gasteiger partial charge in [0.05, 0.1) is 6.07 Å². The van der Waals surface area contributed by atoms with Crippen molar-refractivity contribution in [1.29, 1.82) is 5.26 Å². The van der Waals surface area contributed by atoms with E-state index >= 15 is 0 Å². The third-order valence-electron chi connectivity index (χ3n) is 2.71. The van der Waals surface area contributed by atoms with Gasteiger partial charge in [0.25, 0.3) is 0 Å². The van der Waals surface area contributed by atoms with Gasteiger partial charge in [0.2, 0.25) is 0 Å². The molecule has 1 heteroatoms. The normalized spacial score (nSPS) is 28.8. The Balaban J connectivity index is 2.43. The second kappa shape index (κ2) is 4.30. The Bertz CT molecular complexity index is 198. The molecular weight excluding hydrogens is 146 g/mol. The minimum Gasteiger partial charge on any atom is -0.198 e. The van der Waals surface area contributed by atoms with Crippen molar-refractivity contribution in [2.45, 2.75) is 33.1 Å². The van der Waals surface area contributed by atoms with Crippen LogP contribution in [0.4, 0.5) is 0 Å². The summed E-state index contributed by atoms with van der Waals surface area (Å²) in [5.74, 6) is 2.04. The van der Waals surface area contributed by atoms with Crippen LogP contribution in [0.3, 0.4) is 0 Å². The second-order valence-corrected chi connectivity index (χ2v) is 3.99. The van der Waals surface area contributed by atoms with Gasteiger partial charge in [-0.2, -0.15) is 5.26 Å². The van der Waals surface area contributed by atoms with Gasteiger partial charge in [-0.1, -0.05) is 26.0 Å². The van der Waals surface area contributed by atoms with E-state index in [1.807, 2.05) is 0 Å². The summed E-state index contributed by atoms with van der Waals surface area (Å²) in [5, 5.41) is 8.51. The zero-order chi connectivity index (χ0) is 8.97. The fourth-order valence-electron chi connectivity index (χ4n) is 1.74. The highest BCUT2D eigenvalue weighted by Crippen LogP contribution is 2.28. The lowest BCUT2D eigenvalue weighted by Crippen LogP contribution is -2.12. The maximum Gasteiger partial charge on any atom is 0.0627 e. The summed E-state index contributed by atoms with van der Waals surface area (Å²) in [7, 11) is 0. The lowest BCUT2D eigenvalue weighted by atomic mass is 9.82. The maximum atomic E-state index is 8.51. The Kier molecular flexibility index (Phi) is 3.34. The molecule has 0 aromatic heterocycles. The first kappa shape index (κ1) is 9.32. The average Bonchev–Trinajstić information content (AvgIpc) is 2.06. The van der Waals surface area contributed by atoms with Crippen LogP contribution in [0.15, 0.2) is 12.2 Å². The van der Waals surface area contributed by atoms with Crippen LogP contribution < -0.4 is 0 Å². The molecule has 0 spiro atoms. The number of nitriles is 1. The first-order valence-corrected chi connectivity index (χ1v) is 4.79. The smallest absolute Gasteiger partial charge is 0.0627 e. The lowest BCUT2D eigenvalue weighted by molar-refractivity contribution is 0.376. The summed E-state index contributed by atoms with van der Waals surface area (Å²) >= 11 is 0. The Morgan fingerprint density at radius 3 is 2.58 bits per heavy atom. The number of hydrogen-bond acceptors (Lipinski definition) is 1. The highest BCUT2D eigenvalue weighted by molar-refractivity contribution is 5.01. The van der Waals surface area contributed by atoms with Crippen molar-refractivity contribution in [2.24, 2.45) is 17.8 Å². The maximum absolute atomic E-state index is 8.51. The Hall–Kier alpha value is -0.770. The standard InChI is InChI=1S/C11H17N/c1-9(2)11-5-3-10(4-6-11)7-8-12/h3,5,9-11H,4,6-7H2,1-2H3/t10-,11-/m1/s1. The molecular formula is C11H17N. The van der Waals surface area contributed by atoms with Crippen LogP contribution in [0.5, 0.6) is 0 Å². The highest BCUT2D eigenvalue weighted by atomic mass is 14.3. The predicted molar refractivity (Wildman–Crippen MR) is 50.4 cm³/mol. The van der Waals surface area contributed by atoms with Crippen LogP contribution >= 0.6 is 0 Å². The number of nitrogens with zero attached hydrogens (tertiary/aromatic N) is 1. The number of rotatable bonds is 2. The van der Waals surface area contributed by atoms with Crippen LogP contribution in [-0.4, -0.2) is 0 Å². The largest absolute Gasteiger partial charge is 0.198 e. The zero-order valence-electron chi connectivity index (χ0n) is 7.96. The van der Waals surface area contributed by atoms with Crippen molar-refractivity contribution < 1.29 is 0 Å². The van der Waals surface area contributed by atoms with E-state index in [1.165, 1.54) is 12.8 Å². The van der Waals surface area contributed by atoms with Gasteiger partial charge in [-0.15, -0.1) is 0 Å². The topological polar surface area (TPSA) is 23.8 Å². The van der Waals surface area contributed by atoms with Crippen molar-refractivity contribution in [3.8, 4) is 6.07 Å². The van der Waals surface area contributed by atoms with Gasteiger partial charge in [-0.05, 0) is 30.6 Å². The van der Waals surface area contributed by atoms with Crippen molar-refractivity contribution in [2.75, 3.05) is 0 Å². The van der Waals surface area contributed by atoms with Gasteiger partial charge in [0, 0.05) is 6.42 Å². The van der Waals surface area contributed by atoms with E-state index in [9.17, 15) is 0 Å². The van der Waals surface area contributed by atoms with E-state index in [0.29, 0.717) is 12.3 Å². The summed E-state index contributed by atoms with van der Waals surface area (Å²) in [5.41, 5.74) is 0. The van der Waals surface area contributed by atoms with E-state index < -0.39 is 0 Å². The van der Waals surface area contributed by atoms with E-state index in [-0.39, 0.29) is 0 Å². The first-order chi connectivity index (χ1) is 5.74. The van der Waals surface area contributed by atoms with Crippen LogP contribution in [-0.2, 0) is 0 Å². The van der Waals surface area contributed by atoms with Crippen LogP contribution in [0.2, 0.25) is 0 Å². The average molecular weight is 163 g/mol. The lowest BCUT2D eigenvalue weighted by Gasteiger charge is -2.23. The zero-order valence-corrected chi connectivity index (χ0v) is 7.96. The van der Waals surface area contributed by atoms with Crippen LogP contribution in [0.1, 0.15) is 33.1 Å². The van der Waals surface area contributed by atoms with Gasteiger partial charge < -0.3 is 0 Å². The SMILES string of the molecule is CC(C)[C@@H]1C=C[C@@H](CC#N)CC1. The molecule has 0 amide bonds. The van der Waals surface area contributed by atoms with Gasteiger partial charge in [0.15, 0.2) is 0 Å². The summed E-state index contributed by atoms with van der Waals surface area (Å²) < 4.78 is 0. The van der Waals surface area contributed by atoms with Crippen LogP contribution in [0.25, 0.3) is 0 Å². The van der Waals surface area contributed by atoms with Gasteiger partial charge in [0.1, 0.15) is 0 Å². The molecule has 0 radical (unpaired) electrons. The summed E-state index contributed by atoms with van der Waals surface area (Å²) in [6.45, 7) is 4.53. The molecule has 0 N–H and O–H groups in total. The predicted octanol–water partition coefficient (Wildman–Crippen LogP) is 3.14. The molecule has 0 saturated carbocycles. The molecule has 66 valence electrons. The molecule has 0 fully saturated rings. The van der Waals surface area contributed by atoms with Gasteiger partial charge in [-0.3, -0.25) is 0 Å². The summed E-state index contributed by atoms with van der Waals surface area (Å²) in [4.78, 5) is 0. The van der Waals surface area contributed by atoms with E-state index in [1.54, 1.807) is 0 Å². The van der Waals surface area contributed by atoms with Crippen molar-refractivity contribution in [3.05, 3.63) is 12.2 Å². The minimum atomic E-state index is 0.532. The minimum absolute atomic E-state index is 0.532. The summed E-state index contributed by atoms with van der Waals surface area (Å²) in [6.07, 6.45) is 7.70. The molecule has 0 unspecified atom stereocenters. The van der Waals surface area contributed by atoms with Gasteiger partial charge >= 0.3 is 0 Å². The fraction of sp³-hybridized carbons (Fsp3) is 0.727. The monoisotopic (exact) mass is 163 g/mol. The molecule has 2 atom stereocenters. The van der Waals surface area contributed by atoms with E-state index in [0.717, 1.165) is 11.8 Å². The van der Waals surface area contributed by atoms with Crippen molar-refractivity contribution in [3.63, 3.8) is 0 Å². The third-order valence-corrected chi connectivity index (χ3v) is 2.71. The molecule has 0 bridgehead atoms. The first-order valence-electron chi connectivity index (χ1n) is 4.79. The Morgan fingerprint density at radius 1 is 1.42 bits per heavy atom. The Morgan fingerprint density at radius 2 is 2.17 bits per heavy atom. The molecule has 0 aromatic rings. The highest BCUT2D eigenvalue weighted by Gasteiger charge is 2.17. The second-order valence-electron chi connectivity index (χ2n) is 3.99. The number of hydrogen-bond donors (Lipinski definition) is 0. The molecule has 12 heavy (non-hydrogen) atoms. The van der Waals surface area contributed by atoms with Crippen molar-refractivity contribution in [1.82, 2.24) is 0 Å². The molecule has 0 saturated heterocycles. The third kappa shape index (κ3) is 2.37. The molecule has 1 aliphatic rings. The van der Waals surface area contributed by atoms with E-state index in [2.05, 4.69) is 32.1 Å². The molecule has 0 aliphatic heterocycles. The van der Waals surface area contributed by atoms with Crippen LogP contribution in [0, 0.1) is 29.1 Å². The molecule has 1 rings (SSSR count). The summed E-state index contributed by atoms with van der Waals surface area (Å²) in [6, 6.07) is 2.23. The Labute approximate surface area is 75.1 Å². The van der Waals surface area contributed by atoms with Crippen molar-refractivity contribution >= 4 is 0 Å². The quantitative estimate of drug-likeness (QED) is 0.574. The fourth-order valence-corrected chi connectivity index (χ4v) is 1.74. The number of allylic oxidation sites excluding steroid dienone is 2. The molecule has 0 aromatic carbocycles. The molecule has 0 heterocycles. The molecule has 1 aliphatic carbocycles. The van der Waals surface area contributed by atoms with Gasteiger partial charge in [-0.25, -0.2) is 0 Å².